The third-order valence-electron chi connectivity index (χ3n) is 5.09. The monoisotopic (exact) mass is 433 g/mol. The molecule has 0 bridgehead atoms. The fourth-order valence-corrected chi connectivity index (χ4v) is 4.30. The molecule has 164 valence electrons. The maximum absolute atomic E-state index is 13.4. The summed E-state index contributed by atoms with van der Waals surface area (Å²) in [5.74, 6) is 0.580. The molecule has 0 radical (unpaired) electrons. The molecule has 1 fully saturated rings. The van der Waals surface area contributed by atoms with Crippen molar-refractivity contribution in [2.45, 2.75) is 32.7 Å². The Bertz CT molecular complexity index is 789. The molecule has 0 aliphatic carbocycles. The normalized spacial score (nSPS) is 16.4. The highest BCUT2D eigenvalue weighted by atomic mass is 32.1. The number of ether oxygens (including phenoxy) is 1. The lowest BCUT2D eigenvalue weighted by molar-refractivity contribution is 0.0179. The Morgan fingerprint density at radius 2 is 2.00 bits per heavy atom. The number of nitrogens with zero attached hydrogens (tertiary/aromatic N) is 3. The molecule has 1 atom stereocenters. The van der Waals surface area contributed by atoms with Gasteiger partial charge in [-0.05, 0) is 31.0 Å². The summed E-state index contributed by atoms with van der Waals surface area (Å²) in [6.45, 7) is 9.51. The van der Waals surface area contributed by atoms with E-state index in [9.17, 15) is 4.39 Å². The van der Waals surface area contributed by atoms with Crippen molar-refractivity contribution in [1.82, 2.24) is 20.5 Å². The zero-order valence-corrected chi connectivity index (χ0v) is 18.7. The zero-order chi connectivity index (χ0) is 21.2. The summed E-state index contributed by atoms with van der Waals surface area (Å²) in [6, 6.07) is 6.86. The molecular weight excluding hydrogens is 401 g/mol. The highest BCUT2D eigenvalue weighted by molar-refractivity contribution is 7.11. The molecule has 3 rings (SSSR count). The van der Waals surface area contributed by atoms with Crippen LogP contribution in [0.3, 0.4) is 0 Å². The van der Waals surface area contributed by atoms with Crippen LogP contribution in [0, 0.1) is 5.82 Å². The molecule has 6 nitrogen and oxygen atoms in total. The SMILES string of the molecule is CCNC(=NCC(c1ccc(F)cc1)N1CCOCC1)NCCc1ncc(CC)s1. The fourth-order valence-electron chi connectivity index (χ4n) is 3.44. The zero-order valence-electron chi connectivity index (χ0n) is 17.9. The first-order chi connectivity index (χ1) is 14.7. The quantitative estimate of drug-likeness (QED) is 0.470. The molecule has 2 N–H and O–H groups in total. The van der Waals surface area contributed by atoms with Crippen molar-refractivity contribution >= 4 is 17.3 Å². The number of aryl methyl sites for hydroxylation is 1. The number of aromatic nitrogens is 1. The number of morpholine rings is 1. The molecule has 1 aliphatic rings. The second kappa shape index (κ2) is 12.0. The van der Waals surface area contributed by atoms with Crippen LogP contribution in [0.5, 0.6) is 0 Å². The number of benzene rings is 1. The predicted molar refractivity (Wildman–Crippen MR) is 121 cm³/mol. The largest absolute Gasteiger partial charge is 0.379 e. The number of aliphatic imine (C=N–C) groups is 1. The van der Waals surface area contributed by atoms with Crippen LogP contribution in [0.25, 0.3) is 0 Å². The second-order valence-corrected chi connectivity index (χ2v) is 8.39. The van der Waals surface area contributed by atoms with Gasteiger partial charge in [-0.1, -0.05) is 19.1 Å². The third-order valence-corrected chi connectivity index (χ3v) is 6.29. The van der Waals surface area contributed by atoms with E-state index in [1.807, 2.05) is 18.3 Å². The summed E-state index contributed by atoms with van der Waals surface area (Å²) < 4.78 is 18.9. The Balaban J connectivity index is 1.64. The first-order valence-electron chi connectivity index (χ1n) is 10.7. The summed E-state index contributed by atoms with van der Waals surface area (Å²) in [5.41, 5.74) is 1.08. The van der Waals surface area contributed by atoms with Crippen molar-refractivity contribution in [2.75, 3.05) is 45.9 Å². The molecule has 0 amide bonds. The van der Waals surface area contributed by atoms with E-state index in [4.69, 9.17) is 9.73 Å². The van der Waals surface area contributed by atoms with E-state index in [-0.39, 0.29) is 11.9 Å². The molecule has 2 heterocycles. The maximum atomic E-state index is 13.4. The first-order valence-corrected chi connectivity index (χ1v) is 11.5. The van der Waals surface area contributed by atoms with Crippen molar-refractivity contribution in [1.29, 1.82) is 0 Å². The van der Waals surface area contributed by atoms with Gasteiger partial charge in [-0.15, -0.1) is 11.3 Å². The molecule has 30 heavy (non-hydrogen) atoms. The van der Waals surface area contributed by atoms with E-state index in [1.165, 1.54) is 17.0 Å². The number of guanidine groups is 1. The fraction of sp³-hybridized carbons (Fsp3) is 0.545. The van der Waals surface area contributed by atoms with Crippen molar-refractivity contribution < 1.29 is 9.13 Å². The van der Waals surface area contributed by atoms with E-state index < -0.39 is 0 Å². The minimum Gasteiger partial charge on any atom is -0.379 e. The molecule has 1 unspecified atom stereocenters. The average molecular weight is 434 g/mol. The van der Waals surface area contributed by atoms with Gasteiger partial charge in [0.1, 0.15) is 5.82 Å². The van der Waals surface area contributed by atoms with E-state index in [0.717, 1.165) is 55.6 Å². The smallest absolute Gasteiger partial charge is 0.191 e. The molecular formula is C22H32FN5OS. The standard InChI is InChI=1S/C22H32FN5OS/c1-3-19-15-26-21(30-19)9-10-25-22(24-4-2)27-16-20(28-11-13-29-14-12-28)17-5-7-18(23)8-6-17/h5-8,15,20H,3-4,9-14,16H2,1-2H3,(H2,24,25,27). The van der Waals surface area contributed by atoms with Crippen molar-refractivity contribution in [2.24, 2.45) is 4.99 Å². The number of nitrogens with one attached hydrogen (secondary N) is 2. The van der Waals surface area contributed by atoms with Gasteiger partial charge >= 0.3 is 0 Å². The van der Waals surface area contributed by atoms with Crippen molar-refractivity contribution in [3.8, 4) is 0 Å². The van der Waals surface area contributed by atoms with Gasteiger partial charge in [0.25, 0.3) is 0 Å². The van der Waals surface area contributed by atoms with Gasteiger partial charge < -0.3 is 15.4 Å². The van der Waals surface area contributed by atoms with Crippen LogP contribution in [0.2, 0.25) is 0 Å². The van der Waals surface area contributed by atoms with E-state index in [1.54, 1.807) is 11.3 Å². The topological polar surface area (TPSA) is 61.8 Å². The van der Waals surface area contributed by atoms with E-state index in [2.05, 4.69) is 34.4 Å². The maximum Gasteiger partial charge on any atom is 0.191 e. The molecule has 2 aromatic rings. The molecule has 8 heteroatoms. The van der Waals surface area contributed by atoms with Crippen LogP contribution in [0.4, 0.5) is 4.39 Å². The number of hydrogen-bond acceptors (Lipinski definition) is 5. The Labute approximate surface area is 182 Å². The van der Waals surface area contributed by atoms with Crippen LogP contribution < -0.4 is 10.6 Å². The minimum atomic E-state index is -0.216. The highest BCUT2D eigenvalue weighted by Gasteiger charge is 2.22. The van der Waals surface area contributed by atoms with Crippen LogP contribution in [0.15, 0.2) is 35.5 Å². The lowest BCUT2D eigenvalue weighted by Crippen LogP contribution is -2.42. The summed E-state index contributed by atoms with van der Waals surface area (Å²) in [6.07, 6.45) is 3.87. The Morgan fingerprint density at radius 3 is 2.67 bits per heavy atom. The van der Waals surface area contributed by atoms with Crippen LogP contribution in [0.1, 0.15) is 35.3 Å². The molecule has 1 aliphatic heterocycles. The van der Waals surface area contributed by atoms with Crippen LogP contribution >= 0.6 is 11.3 Å². The van der Waals surface area contributed by atoms with Gasteiger partial charge in [0.2, 0.25) is 0 Å². The molecule has 1 aromatic heterocycles. The van der Waals surface area contributed by atoms with Gasteiger partial charge in [-0.2, -0.15) is 0 Å². The average Bonchev–Trinajstić information content (AvgIpc) is 3.24. The van der Waals surface area contributed by atoms with Crippen molar-refractivity contribution in [3.05, 3.63) is 51.7 Å². The van der Waals surface area contributed by atoms with Gasteiger partial charge in [-0.25, -0.2) is 9.37 Å². The Morgan fingerprint density at radius 1 is 1.23 bits per heavy atom. The van der Waals surface area contributed by atoms with Gasteiger partial charge in [0, 0.05) is 43.7 Å². The molecule has 1 saturated heterocycles. The molecule has 1 aromatic carbocycles. The number of rotatable bonds is 9. The minimum absolute atomic E-state index is 0.0935. The molecule has 0 saturated carbocycles. The van der Waals surface area contributed by atoms with Crippen LogP contribution in [-0.4, -0.2) is 61.8 Å². The van der Waals surface area contributed by atoms with Gasteiger partial charge in [0.15, 0.2) is 5.96 Å². The van der Waals surface area contributed by atoms with E-state index >= 15 is 0 Å². The van der Waals surface area contributed by atoms with Crippen molar-refractivity contribution in [3.63, 3.8) is 0 Å². The highest BCUT2D eigenvalue weighted by Crippen LogP contribution is 2.22. The molecule has 0 spiro atoms. The number of hydrogen-bond donors (Lipinski definition) is 2. The summed E-state index contributed by atoms with van der Waals surface area (Å²) in [7, 11) is 0. The second-order valence-electron chi connectivity index (χ2n) is 7.19. The Hall–Kier alpha value is -2.03. The first kappa shape index (κ1) is 22.7. The summed E-state index contributed by atoms with van der Waals surface area (Å²) in [5, 5.41) is 7.89. The van der Waals surface area contributed by atoms with Crippen LogP contribution in [-0.2, 0) is 17.6 Å². The Kier molecular flexibility index (Phi) is 9.04. The lowest BCUT2D eigenvalue weighted by Gasteiger charge is -2.34. The lowest BCUT2D eigenvalue weighted by atomic mass is 10.0. The number of halogens is 1. The summed E-state index contributed by atoms with van der Waals surface area (Å²) in [4.78, 5) is 13.0. The van der Waals surface area contributed by atoms with Gasteiger partial charge in [-0.3, -0.25) is 9.89 Å². The predicted octanol–water partition coefficient (Wildman–Crippen LogP) is 3.02. The number of thiazole rings is 1. The van der Waals surface area contributed by atoms with E-state index in [0.29, 0.717) is 19.8 Å². The van der Waals surface area contributed by atoms with Gasteiger partial charge in [0.05, 0.1) is 30.8 Å². The summed E-state index contributed by atoms with van der Waals surface area (Å²) >= 11 is 1.77. The third kappa shape index (κ3) is 6.75.